The number of sulfone groups is 1. The van der Waals surface area contributed by atoms with E-state index in [-0.39, 0.29) is 35.9 Å². The first-order chi connectivity index (χ1) is 10.6. The largest absolute Gasteiger partial charge is 0.378 e. The van der Waals surface area contributed by atoms with E-state index in [9.17, 15) is 13.2 Å². The number of morpholine rings is 1. The average molecular weight is 363 g/mol. The van der Waals surface area contributed by atoms with Gasteiger partial charge in [0.25, 0.3) is 0 Å². The molecule has 6 nitrogen and oxygen atoms in total. The molecule has 1 atom stereocenters. The zero-order valence-corrected chi connectivity index (χ0v) is 14.5. The third kappa shape index (κ3) is 7.30. The number of rotatable bonds is 7. The van der Waals surface area contributed by atoms with Gasteiger partial charge in [-0.25, -0.2) is 8.42 Å². The van der Waals surface area contributed by atoms with Gasteiger partial charge in [0, 0.05) is 13.1 Å². The summed E-state index contributed by atoms with van der Waals surface area (Å²) in [4.78, 5) is 11.8. The van der Waals surface area contributed by atoms with Crippen LogP contribution in [-0.2, 0) is 25.1 Å². The molecule has 0 radical (unpaired) electrons. The van der Waals surface area contributed by atoms with Crippen molar-refractivity contribution < 1.29 is 17.9 Å². The molecule has 23 heavy (non-hydrogen) atoms. The summed E-state index contributed by atoms with van der Waals surface area (Å²) >= 11 is 0. The van der Waals surface area contributed by atoms with Crippen LogP contribution in [0.25, 0.3) is 0 Å². The van der Waals surface area contributed by atoms with Crippen LogP contribution in [0.15, 0.2) is 30.3 Å². The van der Waals surface area contributed by atoms with Gasteiger partial charge in [-0.2, -0.15) is 0 Å². The molecule has 1 aromatic carbocycles. The number of nitrogens with one attached hydrogen (secondary N) is 2. The highest BCUT2D eigenvalue weighted by Gasteiger charge is 2.20. The van der Waals surface area contributed by atoms with Crippen LogP contribution in [0, 0.1) is 0 Å². The highest BCUT2D eigenvalue weighted by molar-refractivity contribution is 7.90. The third-order valence-corrected chi connectivity index (χ3v) is 5.08. The maximum absolute atomic E-state index is 12.0. The molecule has 130 valence electrons. The van der Waals surface area contributed by atoms with Crippen LogP contribution < -0.4 is 10.6 Å². The molecule has 0 saturated carbocycles. The van der Waals surface area contributed by atoms with Crippen molar-refractivity contribution in [2.75, 3.05) is 32.1 Å². The molecule has 1 aliphatic rings. The molecule has 0 aromatic heterocycles. The number of benzene rings is 1. The Morgan fingerprint density at radius 2 is 2.04 bits per heavy atom. The molecule has 1 aliphatic heterocycles. The molecule has 1 saturated heterocycles. The van der Waals surface area contributed by atoms with E-state index in [1.54, 1.807) is 12.1 Å². The van der Waals surface area contributed by atoms with Gasteiger partial charge in [0.05, 0.1) is 24.7 Å². The highest BCUT2D eigenvalue weighted by atomic mass is 35.5. The second kappa shape index (κ2) is 9.87. The Hall–Kier alpha value is -1.15. The van der Waals surface area contributed by atoms with Crippen molar-refractivity contribution in [3.8, 4) is 0 Å². The molecular weight excluding hydrogens is 340 g/mol. The van der Waals surface area contributed by atoms with Crippen molar-refractivity contribution >= 4 is 28.2 Å². The van der Waals surface area contributed by atoms with Gasteiger partial charge in [0.1, 0.15) is 6.04 Å². The average Bonchev–Trinajstić information content (AvgIpc) is 2.53. The zero-order chi connectivity index (χ0) is 15.8. The maximum atomic E-state index is 12.0. The maximum Gasteiger partial charge on any atom is 0.239 e. The van der Waals surface area contributed by atoms with Crippen molar-refractivity contribution in [2.45, 2.75) is 18.2 Å². The fourth-order valence-electron chi connectivity index (χ4n) is 2.26. The van der Waals surface area contributed by atoms with E-state index in [0.29, 0.717) is 32.7 Å². The number of amides is 1. The summed E-state index contributed by atoms with van der Waals surface area (Å²) in [5.74, 6) is -0.0310. The van der Waals surface area contributed by atoms with Crippen molar-refractivity contribution in [1.29, 1.82) is 0 Å². The Bertz CT molecular complexity index is 574. The number of hydrogen-bond donors (Lipinski definition) is 2. The summed E-state index contributed by atoms with van der Waals surface area (Å²) in [6, 6.07) is 8.76. The van der Waals surface area contributed by atoms with Crippen LogP contribution in [-0.4, -0.2) is 52.4 Å². The van der Waals surface area contributed by atoms with E-state index in [2.05, 4.69) is 10.6 Å². The number of hydrogen-bond acceptors (Lipinski definition) is 5. The third-order valence-electron chi connectivity index (χ3n) is 3.40. The summed E-state index contributed by atoms with van der Waals surface area (Å²) < 4.78 is 29.2. The molecule has 1 heterocycles. The van der Waals surface area contributed by atoms with Crippen molar-refractivity contribution in [2.24, 2.45) is 0 Å². The lowest BCUT2D eigenvalue weighted by atomic mass is 10.2. The smallest absolute Gasteiger partial charge is 0.239 e. The van der Waals surface area contributed by atoms with Gasteiger partial charge >= 0.3 is 0 Å². The summed E-state index contributed by atoms with van der Waals surface area (Å²) in [6.45, 7) is 1.98. The van der Waals surface area contributed by atoms with Gasteiger partial charge in [-0.05, 0) is 12.0 Å². The molecule has 0 bridgehead atoms. The highest BCUT2D eigenvalue weighted by Crippen LogP contribution is 2.07. The van der Waals surface area contributed by atoms with Gasteiger partial charge in [-0.3, -0.25) is 4.79 Å². The quantitative estimate of drug-likeness (QED) is 0.691. The lowest BCUT2D eigenvalue weighted by Gasteiger charge is -2.22. The van der Waals surface area contributed by atoms with E-state index in [4.69, 9.17) is 4.74 Å². The molecular formula is C15H23ClN2O4S. The minimum absolute atomic E-state index is 0. The minimum atomic E-state index is -3.15. The number of ether oxygens (including phenoxy) is 1. The van der Waals surface area contributed by atoms with Crippen LogP contribution in [0.5, 0.6) is 0 Å². The molecule has 1 amide bonds. The van der Waals surface area contributed by atoms with E-state index in [1.165, 1.54) is 0 Å². The molecule has 0 aliphatic carbocycles. The first kappa shape index (κ1) is 19.9. The number of halogens is 1. The monoisotopic (exact) mass is 362 g/mol. The van der Waals surface area contributed by atoms with E-state index in [1.807, 2.05) is 18.2 Å². The number of carbonyl (C=O) groups is 1. The summed E-state index contributed by atoms with van der Waals surface area (Å²) in [7, 11) is -3.15. The van der Waals surface area contributed by atoms with E-state index >= 15 is 0 Å². The zero-order valence-electron chi connectivity index (χ0n) is 12.9. The van der Waals surface area contributed by atoms with Crippen LogP contribution in [0.1, 0.15) is 12.0 Å². The molecule has 1 aromatic rings. The Kier molecular flexibility index (Phi) is 8.54. The second-order valence-corrected chi connectivity index (χ2v) is 7.49. The van der Waals surface area contributed by atoms with E-state index in [0.717, 1.165) is 5.56 Å². The fraction of sp³-hybridized carbons (Fsp3) is 0.533. The topological polar surface area (TPSA) is 84.5 Å². The van der Waals surface area contributed by atoms with Crippen LogP contribution in [0.3, 0.4) is 0 Å². The van der Waals surface area contributed by atoms with Gasteiger partial charge in [0.15, 0.2) is 9.84 Å². The molecule has 1 unspecified atom stereocenters. The molecule has 2 N–H and O–H groups in total. The SMILES string of the molecule is Cl.O=C(NCCCS(=O)(=O)Cc1ccccc1)C1COCCN1. The minimum Gasteiger partial charge on any atom is -0.378 e. The van der Waals surface area contributed by atoms with Crippen LogP contribution in [0.2, 0.25) is 0 Å². The molecule has 1 fully saturated rings. The van der Waals surface area contributed by atoms with Crippen LogP contribution >= 0.6 is 12.4 Å². The second-order valence-electron chi connectivity index (χ2n) is 5.30. The predicted molar refractivity (Wildman–Crippen MR) is 91.4 cm³/mol. The first-order valence-electron chi connectivity index (χ1n) is 7.40. The Labute approximate surface area is 143 Å². The normalized spacial score (nSPS) is 18.0. The van der Waals surface area contributed by atoms with Gasteiger partial charge in [-0.1, -0.05) is 30.3 Å². The van der Waals surface area contributed by atoms with Gasteiger partial charge in [-0.15, -0.1) is 12.4 Å². The fourth-order valence-corrected chi connectivity index (χ4v) is 3.69. The summed E-state index contributed by atoms with van der Waals surface area (Å²) in [6.07, 6.45) is 0.411. The van der Waals surface area contributed by atoms with Gasteiger partial charge in [0.2, 0.25) is 5.91 Å². The van der Waals surface area contributed by atoms with Gasteiger partial charge < -0.3 is 15.4 Å². The van der Waals surface area contributed by atoms with Crippen molar-refractivity contribution in [3.05, 3.63) is 35.9 Å². The lowest BCUT2D eigenvalue weighted by Crippen LogP contribution is -2.51. The molecule has 2 rings (SSSR count). The lowest BCUT2D eigenvalue weighted by molar-refractivity contribution is -0.125. The van der Waals surface area contributed by atoms with E-state index < -0.39 is 9.84 Å². The standard InChI is InChI=1S/C15H22N2O4S.ClH/c18-15(14-11-21-9-8-16-14)17-7-4-10-22(19,20)12-13-5-2-1-3-6-13;/h1-3,5-6,14,16H,4,7-12H2,(H,17,18);1H. The summed E-state index contributed by atoms with van der Waals surface area (Å²) in [5, 5.41) is 5.80. The Morgan fingerprint density at radius 1 is 1.30 bits per heavy atom. The van der Waals surface area contributed by atoms with Crippen LogP contribution in [0.4, 0.5) is 0 Å². The Balaban J connectivity index is 0.00000264. The molecule has 0 spiro atoms. The molecule has 8 heteroatoms. The Morgan fingerprint density at radius 3 is 2.70 bits per heavy atom. The first-order valence-corrected chi connectivity index (χ1v) is 9.22. The predicted octanol–water partition coefficient (Wildman–Crippen LogP) is 0.518. The van der Waals surface area contributed by atoms with Crippen molar-refractivity contribution in [3.63, 3.8) is 0 Å². The number of carbonyl (C=O) groups excluding carboxylic acids is 1. The van der Waals surface area contributed by atoms with Crippen molar-refractivity contribution in [1.82, 2.24) is 10.6 Å². The summed E-state index contributed by atoms with van der Waals surface area (Å²) in [5.41, 5.74) is 0.787.